The monoisotopic (exact) mass is 351 g/mol. The molecule has 5 nitrogen and oxygen atoms in total. The Kier molecular flexibility index (Phi) is 7.06. The van der Waals surface area contributed by atoms with Crippen LogP contribution in [0.4, 0.5) is 5.69 Å². The van der Waals surface area contributed by atoms with Crippen molar-refractivity contribution in [1.29, 1.82) is 0 Å². The van der Waals surface area contributed by atoms with Crippen molar-refractivity contribution < 1.29 is 9.59 Å². The molecule has 0 bridgehead atoms. The summed E-state index contributed by atoms with van der Waals surface area (Å²) >= 11 is 6.03. The molecule has 2 rings (SSSR count). The summed E-state index contributed by atoms with van der Waals surface area (Å²) in [7, 11) is 1.78. The van der Waals surface area contributed by atoms with Gasteiger partial charge in [-0.15, -0.1) is 0 Å². The highest BCUT2D eigenvalue weighted by atomic mass is 35.5. The molecule has 2 N–H and O–H groups in total. The predicted molar refractivity (Wildman–Crippen MR) is 97.2 cm³/mol. The van der Waals surface area contributed by atoms with Gasteiger partial charge in [0, 0.05) is 6.04 Å². The van der Waals surface area contributed by atoms with Crippen LogP contribution in [0.15, 0.2) is 24.3 Å². The van der Waals surface area contributed by atoms with Crippen molar-refractivity contribution in [3.05, 3.63) is 29.3 Å². The van der Waals surface area contributed by atoms with Gasteiger partial charge in [0.05, 0.1) is 23.3 Å². The van der Waals surface area contributed by atoms with E-state index in [1.54, 1.807) is 24.1 Å². The molecule has 1 aliphatic rings. The molecule has 6 heteroatoms. The number of nitrogens with one attached hydrogen (secondary N) is 2. The van der Waals surface area contributed by atoms with Crippen molar-refractivity contribution in [3.8, 4) is 0 Å². The summed E-state index contributed by atoms with van der Waals surface area (Å²) < 4.78 is 0. The van der Waals surface area contributed by atoms with Crippen molar-refractivity contribution in [2.24, 2.45) is 0 Å². The number of carbonyl (C=O) groups is 2. The lowest BCUT2D eigenvalue weighted by molar-refractivity contribution is -0.127. The van der Waals surface area contributed by atoms with Crippen molar-refractivity contribution in [2.45, 2.75) is 51.1 Å². The fourth-order valence-electron chi connectivity index (χ4n) is 2.88. The zero-order chi connectivity index (χ0) is 17.5. The molecule has 132 valence electrons. The standard InChI is InChI=1S/C18H26ClN3O2/c1-13(18(24)20-14-8-4-3-5-9-14)22(2)12-17(23)21-16-11-7-6-10-15(16)19/h6-7,10-11,13-14H,3-5,8-9,12H2,1-2H3,(H,20,24)(H,21,23)/t13-/m1/s1. The average Bonchev–Trinajstić information content (AvgIpc) is 2.57. The summed E-state index contributed by atoms with van der Waals surface area (Å²) in [4.78, 5) is 26.2. The first-order valence-electron chi connectivity index (χ1n) is 8.52. The van der Waals surface area contributed by atoms with Crippen LogP contribution in [0.3, 0.4) is 0 Å². The minimum Gasteiger partial charge on any atom is -0.352 e. The predicted octanol–water partition coefficient (Wildman–Crippen LogP) is 3.05. The van der Waals surface area contributed by atoms with E-state index in [1.807, 2.05) is 19.1 Å². The number of benzene rings is 1. The first-order valence-corrected chi connectivity index (χ1v) is 8.90. The van der Waals surface area contributed by atoms with Crippen LogP contribution in [0.1, 0.15) is 39.0 Å². The van der Waals surface area contributed by atoms with E-state index in [-0.39, 0.29) is 30.4 Å². The molecule has 24 heavy (non-hydrogen) atoms. The van der Waals surface area contributed by atoms with Gasteiger partial charge in [-0.3, -0.25) is 14.5 Å². The molecule has 1 saturated carbocycles. The number of likely N-dealkylation sites (N-methyl/N-ethyl adjacent to an activating group) is 1. The highest BCUT2D eigenvalue weighted by Crippen LogP contribution is 2.20. The third-order valence-corrected chi connectivity index (χ3v) is 4.86. The maximum absolute atomic E-state index is 12.3. The van der Waals surface area contributed by atoms with Crippen LogP contribution in [-0.4, -0.2) is 42.4 Å². The summed E-state index contributed by atoms with van der Waals surface area (Å²) in [6.07, 6.45) is 5.71. The number of anilines is 1. The molecule has 0 heterocycles. The molecule has 1 atom stereocenters. The second-order valence-corrected chi connectivity index (χ2v) is 6.87. The van der Waals surface area contributed by atoms with E-state index < -0.39 is 0 Å². The Bertz CT molecular complexity index is 573. The van der Waals surface area contributed by atoms with Gasteiger partial charge in [0.25, 0.3) is 0 Å². The topological polar surface area (TPSA) is 61.4 Å². The molecule has 1 aliphatic carbocycles. The summed E-state index contributed by atoms with van der Waals surface area (Å²) in [5.74, 6) is -0.210. The number of rotatable bonds is 6. The second-order valence-electron chi connectivity index (χ2n) is 6.46. The zero-order valence-corrected chi connectivity index (χ0v) is 15.1. The number of halogens is 1. The molecule has 0 aromatic heterocycles. The molecule has 0 saturated heterocycles. The van der Waals surface area contributed by atoms with E-state index >= 15 is 0 Å². The van der Waals surface area contributed by atoms with Gasteiger partial charge in [0.15, 0.2) is 0 Å². The summed E-state index contributed by atoms with van der Waals surface area (Å²) in [6, 6.07) is 7.01. The molecule has 0 unspecified atom stereocenters. The van der Waals surface area contributed by atoms with E-state index in [0.717, 1.165) is 12.8 Å². The normalized spacial score (nSPS) is 16.7. The third kappa shape index (κ3) is 5.49. The van der Waals surface area contributed by atoms with E-state index in [1.165, 1.54) is 19.3 Å². The Hall–Kier alpha value is -1.59. The molecule has 0 aliphatic heterocycles. The van der Waals surface area contributed by atoms with Gasteiger partial charge in [-0.2, -0.15) is 0 Å². The number of hydrogen-bond acceptors (Lipinski definition) is 3. The molecular weight excluding hydrogens is 326 g/mol. The minimum absolute atomic E-state index is 0.0186. The molecule has 2 amide bonds. The van der Waals surface area contributed by atoms with Gasteiger partial charge in [-0.1, -0.05) is 43.0 Å². The van der Waals surface area contributed by atoms with Gasteiger partial charge in [-0.25, -0.2) is 0 Å². The zero-order valence-electron chi connectivity index (χ0n) is 14.3. The quantitative estimate of drug-likeness (QED) is 0.828. The Labute approximate surface area is 148 Å². The van der Waals surface area contributed by atoms with Gasteiger partial charge in [0.1, 0.15) is 0 Å². The number of carbonyl (C=O) groups excluding carboxylic acids is 2. The lowest BCUT2D eigenvalue weighted by Gasteiger charge is -2.28. The van der Waals surface area contributed by atoms with E-state index in [9.17, 15) is 9.59 Å². The largest absolute Gasteiger partial charge is 0.352 e. The van der Waals surface area contributed by atoms with Crippen molar-refractivity contribution >= 4 is 29.1 Å². The van der Waals surface area contributed by atoms with E-state index in [2.05, 4.69) is 10.6 Å². The maximum Gasteiger partial charge on any atom is 0.238 e. The fraction of sp³-hybridized carbons (Fsp3) is 0.556. The lowest BCUT2D eigenvalue weighted by atomic mass is 9.95. The molecule has 1 aromatic rings. The van der Waals surface area contributed by atoms with Crippen molar-refractivity contribution in [2.75, 3.05) is 18.9 Å². The van der Waals surface area contributed by atoms with Crippen LogP contribution in [0.25, 0.3) is 0 Å². The van der Waals surface area contributed by atoms with Gasteiger partial charge < -0.3 is 10.6 Å². The number of para-hydroxylation sites is 1. The summed E-state index contributed by atoms with van der Waals surface area (Å²) in [5.41, 5.74) is 0.580. The van der Waals surface area contributed by atoms with Crippen LogP contribution in [0.5, 0.6) is 0 Å². The SMILES string of the molecule is C[C@H](C(=O)NC1CCCCC1)N(C)CC(=O)Nc1ccccc1Cl. The summed E-state index contributed by atoms with van der Waals surface area (Å²) in [5, 5.41) is 6.37. The van der Waals surface area contributed by atoms with Crippen molar-refractivity contribution in [1.82, 2.24) is 10.2 Å². The molecule has 0 spiro atoms. The first kappa shape index (κ1) is 18.7. The van der Waals surface area contributed by atoms with Crippen LogP contribution < -0.4 is 10.6 Å². The average molecular weight is 352 g/mol. The molecular formula is C18H26ClN3O2. The Morgan fingerprint density at radius 1 is 1.25 bits per heavy atom. The van der Waals surface area contributed by atoms with Gasteiger partial charge in [0.2, 0.25) is 11.8 Å². The van der Waals surface area contributed by atoms with Crippen LogP contribution >= 0.6 is 11.6 Å². The van der Waals surface area contributed by atoms with Crippen molar-refractivity contribution in [3.63, 3.8) is 0 Å². The van der Waals surface area contributed by atoms with Crippen LogP contribution in [0, 0.1) is 0 Å². The third-order valence-electron chi connectivity index (χ3n) is 4.53. The minimum atomic E-state index is -0.357. The first-order chi connectivity index (χ1) is 11.5. The van der Waals surface area contributed by atoms with Gasteiger partial charge in [-0.05, 0) is 38.9 Å². The second kappa shape index (κ2) is 9.04. The lowest BCUT2D eigenvalue weighted by Crippen LogP contribution is -2.49. The maximum atomic E-state index is 12.3. The number of amides is 2. The van der Waals surface area contributed by atoms with E-state index in [0.29, 0.717) is 10.7 Å². The number of nitrogens with zero attached hydrogens (tertiary/aromatic N) is 1. The van der Waals surface area contributed by atoms with E-state index in [4.69, 9.17) is 11.6 Å². The smallest absolute Gasteiger partial charge is 0.238 e. The Morgan fingerprint density at radius 3 is 2.58 bits per heavy atom. The fourth-order valence-corrected chi connectivity index (χ4v) is 3.07. The molecule has 1 fully saturated rings. The Balaban J connectivity index is 1.81. The highest BCUT2D eigenvalue weighted by molar-refractivity contribution is 6.33. The van der Waals surface area contributed by atoms with Crippen LogP contribution in [0.2, 0.25) is 5.02 Å². The highest BCUT2D eigenvalue weighted by Gasteiger charge is 2.23. The molecule has 1 aromatic carbocycles. The molecule has 0 radical (unpaired) electrons. The van der Waals surface area contributed by atoms with Crippen LogP contribution in [-0.2, 0) is 9.59 Å². The Morgan fingerprint density at radius 2 is 1.92 bits per heavy atom. The number of hydrogen-bond donors (Lipinski definition) is 2. The van der Waals surface area contributed by atoms with Gasteiger partial charge >= 0.3 is 0 Å². The summed E-state index contributed by atoms with van der Waals surface area (Å²) in [6.45, 7) is 1.95.